The summed E-state index contributed by atoms with van der Waals surface area (Å²) in [6.45, 7) is 0. The molecule has 0 bridgehead atoms. The summed E-state index contributed by atoms with van der Waals surface area (Å²) < 4.78 is 10.4. The average molecular weight is 286 g/mol. The minimum Gasteiger partial charge on any atom is -0.497 e. The summed E-state index contributed by atoms with van der Waals surface area (Å²) in [5, 5.41) is 0. The summed E-state index contributed by atoms with van der Waals surface area (Å²) in [5.41, 5.74) is 7.56. The van der Waals surface area contributed by atoms with Gasteiger partial charge < -0.3 is 20.1 Å². The number of methoxy groups -OCH3 is 2. The van der Waals surface area contributed by atoms with Gasteiger partial charge in [-0.05, 0) is 30.3 Å². The van der Waals surface area contributed by atoms with Gasteiger partial charge >= 0.3 is 0 Å². The van der Waals surface area contributed by atoms with E-state index in [4.69, 9.17) is 15.2 Å². The van der Waals surface area contributed by atoms with Crippen LogP contribution in [-0.4, -0.2) is 27.2 Å². The van der Waals surface area contributed by atoms with Crippen LogP contribution in [-0.2, 0) is 0 Å². The fraction of sp³-hybridized carbons (Fsp3) is 0.188. The summed E-state index contributed by atoms with van der Waals surface area (Å²) >= 11 is 0. The van der Waals surface area contributed by atoms with E-state index in [-0.39, 0.29) is 5.91 Å². The van der Waals surface area contributed by atoms with E-state index in [9.17, 15) is 4.79 Å². The molecule has 5 heteroatoms. The number of nitrogens with zero attached hydrogens (tertiary/aromatic N) is 1. The smallest absolute Gasteiger partial charge is 0.258 e. The first-order valence-electron chi connectivity index (χ1n) is 6.42. The van der Waals surface area contributed by atoms with E-state index < -0.39 is 0 Å². The number of hydrogen-bond acceptors (Lipinski definition) is 4. The molecule has 2 aromatic rings. The summed E-state index contributed by atoms with van der Waals surface area (Å²) in [6.07, 6.45) is 0. The number of rotatable bonds is 4. The van der Waals surface area contributed by atoms with E-state index in [1.165, 1.54) is 4.90 Å². The van der Waals surface area contributed by atoms with Crippen molar-refractivity contribution in [1.29, 1.82) is 0 Å². The van der Waals surface area contributed by atoms with Crippen molar-refractivity contribution in [2.24, 2.45) is 0 Å². The number of nitrogen functional groups attached to an aromatic ring is 1. The van der Waals surface area contributed by atoms with Gasteiger partial charge in [0, 0.05) is 30.1 Å². The lowest BCUT2D eigenvalue weighted by atomic mass is 10.1. The number of amides is 1. The lowest BCUT2D eigenvalue weighted by molar-refractivity contribution is 0.0992. The Bertz CT molecular complexity index is 633. The fourth-order valence-corrected chi connectivity index (χ4v) is 1.98. The van der Waals surface area contributed by atoms with Crippen LogP contribution >= 0.6 is 0 Å². The lowest BCUT2D eigenvalue weighted by Crippen LogP contribution is -2.26. The molecule has 21 heavy (non-hydrogen) atoms. The summed E-state index contributed by atoms with van der Waals surface area (Å²) in [5.74, 6) is 0.968. The molecule has 2 N–H and O–H groups in total. The number of ether oxygens (including phenoxy) is 2. The second-order valence-electron chi connectivity index (χ2n) is 4.56. The minimum atomic E-state index is -0.169. The molecule has 0 fully saturated rings. The topological polar surface area (TPSA) is 64.8 Å². The van der Waals surface area contributed by atoms with E-state index in [2.05, 4.69) is 0 Å². The summed E-state index contributed by atoms with van der Waals surface area (Å²) in [6, 6.07) is 12.2. The van der Waals surface area contributed by atoms with Crippen LogP contribution in [0, 0.1) is 0 Å². The van der Waals surface area contributed by atoms with E-state index in [0.717, 1.165) is 5.69 Å². The number of carbonyl (C=O) groups excluding carboxylic acids is 1. The van der Waals surface area contributed by atoms with Crippen LogP contribution in [0.1, 0.15) is 10.4 Å². The highest BCUT2D eigenvalue weighted by Crippen LogP contribution is 2.25. The van der Waals surface area contributed by atoms with Crippen molar-refractivity contribution in [3.8, 4) is 11.5 Å². The Hall–Kier alpha value is -2.69. The minimum absolute atomic E-state index is 0.169. The molecule has 0 aliphatic rings. The van der Waals surface area contributed by atoms with Gasteiger partial charge in [0.05, 0.1) is 14.2 Å². The molecule has 2 rings (SSSR count). The Kier molecular flexibility index (Phi) is 4.33. The maximum absolute atomic E-state index is 12.6. The Balaban J connectivity index is 2.35. The standard InChI is InChI=1S/C16H18N2O3/c1-18(13-6-4-5-12(17)9-13)16(19)11-7-14(20-2)10-15(8-11)21-3/h4-10H,17H2,1-3H3. The number of benzene rings is 2. The second kappa shape index (κ2) is 6.17. The van der Waals surface area contributed by atoms with Crippen LogP contribution in [0.2, 0.25) is 0 Å². The van der Waals surface area contributed by atoms with E-state index in [0.29, 0.717) is 22.7 Å². The molecule has 0 unspecified atom stereocenters. The third-order valence-corrected chi connectivity index (χ3v) is 3.16. The van der Waals surface area contributed by atoms with Crippen LogP contribution in [0.5, 0.6) is 11.5 Å². The van der Waals surface area contributed by atoms with Crippen LogP contribution in [0.3, 0.4) is 0 Å². The van der Waals surface area contributed by atoms with Crippen LogP contribution in [0.4, 0.5) is 11.4 Å². The zero-order chi connectivity index (χ0) is 15.4. The molecule has 5 nitrogen and oxygen atoms in total. The van der Waals surface area contributed by atoms with Crippen molar-refractivity contribution < 1.29 is 14.3 Å². The molecule has 110 valence electrons. The number of nitrogens with two attached hydrogens (primary N) is 1. The molecule has 0 aliphatic carbocycles. The van der Waals surface area contributed by atoms with Crippen molar-refractivity contribution in [2.45, 2.75) is 0 Å². The van der Waals surface area contributed by atoms with Crippen molar-refractivity contribution in [1.82, 2.24) is 0 Å². The molecule has 0 spiro atoms. The maximum Gasteiger partial charge on any atom is 0.258 e. The van der Waals surface area contributed by atoms with Crippen molar-refractivity contribution >= 4 is 17.3 Å². The van der Waals surface area contributed by atoms with E-state index >= 15 is 0 Å². The fourth-order valence-electron chi connectivity index (χ4n) is 1.98. The molecular formula is C16H18N2O3. The number of hydrogen-bond donors (Lipinski definition) is 1. The van der Waals surface area contributed by atoms with E-state index in [1.54, 1.807) is 57.7 Å². The normalized spacial score (nSPS) is 10.0. The molecule has 0 radical (unpaired) electrons. The predicted octanol–water partition coefficient (Wildman–Crippen LogP) is 2.56. The molecule has 0 atom stereocenters. The maximum atomic E-state index is 12.6. The average Bonchev–Trinajstić information content (AvgIpc) is 2.52. The number of anilines is 2. The third-order valence-electron chi connectivity index (χ3n) is 3.16. The molecular weight excluding hydrogens is 268 g/mol. The van der Waals surface area contributed by atoms with Gasteiger partial charge in [0.25, 0.3) is 5.91 Å². The van der Waals surface area contributed by atoms with Gasteiger partial charge in [0.2, 0.25) is 0 Å². The van der Waals surface area contributed by atoms with Gasteiger partial charge in [0.15, 0.2) is 0 Å². The second-order valence-corrected chi connectivity index (χ2v) is 4.56. The molecule has 0 saturated carbocycles. The summed E-state index contributed by atoms with van der Waals surface area (Å²) in [4.78, 5) is 14.1. The monoisotopic (exact) mass is 286 g/mol. The zero-order valence-electron chi connectivity index (χ0n) is 12.3. The highest BCUT2D eigenvalue weighted by Gasteiger charge is 2.16. The molecule has 0 saturated heterocycles. The molecule has 0 heterocycles. The molecule has 1 amide bonds. The number of carbonyl (C=O) groups is 1. The van der Waals surface area contributed by atoms with Crippen LogP contribution < -0.4 is 20.1 Å². The van der Waals surface area contributed by atoms with Gasteiger partial charge in [-0.15, -0.1) is 0 Å². The molecule has 0 aliphatic heterocycles. The van der Waals surface area contributed by atoms with Crippen molar-refractivity contribution in [3.05, 3.63) is 48.0 Å². The largest absolute Gasteiger partial charge is 0.497 e. The van der Waals surface area contributed by atoms with E-state index in [1.807, 2.05) is 6.07 Å². The first-order chi connectivity index (χ1) is 10.0. The first-order valence-corrected chi connectivity index (χ1v) is 6.42. The Morgan fingerprint density at radius 2 is 1.67 bits per heavy atom. The molecule has 0 aromatic heterocycles. The van der Waals surface area contributed by atoms with Crippen LogP contribution in [0.15, 0.2) is 42.5 Å². The quantitative estimate of drug-likeness (QED) is 0.877. The zero-order valence-corrected chi connectivity index (χ0v) is 12.3. The van der Waals surface area contributed by atoms with Gasteiger partial charge in [-0.1, -0.05) is 6.07 Å². The highest BCUT2D eigenvalue weighted by atomic mass is 16.5. The first kappa shape index (κ1) is 14.7. The third kappa shape index (κ3) is 3.25. The predicted molar refractivity (Wildman–Crippen MR) is 83.1 cm³/mol. The summed E-state index contributed by atoms with van der Waals surface area (Å²) in [7, 11) is 4.79. The van der Waals surface area contributed by atoms with Crippen LogP contribution in [0.25, 0.3) is 0 Å². The molecule has 2 aromatic carbocycles. The highest BCUT2D eigenvalue weighted by molar-refractivity contribution is 6.06. The van der Waals surface area contributed by atoms with Crippen molar-refractivity contribution in [2.75, 3.05) is 31.9 Å². The Morgan fingerprint density at radius 1 is 1.05 bits per heavy atom. The van der Waals surface area contributed by atoms with Crippen molar-refractivity contribution in [3.63, 3.8) is 0 Å². The Labute approximate surface area is 123 Å². The lowest BCUT2D eigenvalue weighted by Gasteiger charge is -2.18. The SMILES string of the molecule is COc1cc(OC)cc(C(=O)N(C)c2cccc(N)c2)c1. The van der Waals surface area contributed by atoms with Gasteiger partial charge in [-0.2, -0.15) is 0 Å². The van der Waals surface area contributed by atoms with Gasteiger partial charge in [-0.25, -0.2) is 0 Å². The van der Waals surface area contributed by atoms with Gasteiger partial charge in [0.1, 0.15) is 11.5 Å². The van der Waals surface area contributed by atoms with Gasteiger partial charge in [-0.3, -0.25) is 4.79 Å². The Morgan fingerprint density at radius 3 is 2.19 bits per heavy atom.